The van der Waals surface area contributed by atoms with Crippen LogP contribution >= 0.6 is 11.6 Å². The van der Waals surface area contributed by atoms with Gasteiger partial charge in [0, 0.05) is 29.7 Å². The summed E-state index contributed by atoms with van der Waals surface area (Å²) in [5, 5.41) is 21.4. The second-order valence-electron chi connectivity index (χ2n) is 7.56. The van der Waals surface area contributed by atoms with Crippen molar-refractivity contribution in [3.63, 3.8) is 0 Å². The van der Waals surface area contributed by atoms with Crippen molar-refractivity contribution in [2.75, 3.05) is 6.61 Å². The molecule has 2 N–H and O–H groups in total. The fourth-order valence-corrected chi connectivity index (χ4v) is 4.11. The van der Waals surface area contributed by atoms with Gasteiger partial charge in [0.25, 0.3) is 0 Å². The summed E-state index contributed by atoms with van der Waals surface area (Å²) in [4.78, 5) is 0. The molecule has 1 heterocycles. The van der Waals surface area contributed by atoms with Crippen LogP contribution in [0.3, 0.4) is 0 Å². The zero-order valence-corrected chi connectivity index (χ0v) is 16.8. The minimum Gasteiger partial charge on any atom is -0.495 e. The van der Waals surface area contributed by atoms with E-state index in [2.05, 4.69) is 18.7 Å². The highest BCUT2D eigenvalue weighted by Gasteiger charge is 2.42. The Morgan fingerprint density at radius 3 is 3.04 bits per heavy atom. The van der Waals surface area contributed by atoms with Gasteiger partial charge in [-0.2, -0.15) is 0 Å². The highest BCUT2D eigenvalue weighted by Crippen LogP contribution is 2.39. The van der Waals surface area contributed by atoms with Crippen LogP contribution in [0.25, 0.3) is 0 Å². The average molecular weight is 405 g/mol. The van der Waals surface area contributed by atoms with Crippen molar-refractivity contribution < 1.29 is 19.7 Å². The highest BCUT2D eigenvalue weighted by molar-refractivity contribution is 6.30. The molecule has 1 aliphatic heterocycles. The third-order valence-corrected chi connectivity index (χ3v) is 5.62. The molecule has 0 amide bonds. The predicted octanol–water partition coefficient (Wildman–Crippen LogP) is 4.66. The molecule has 1 aliphatic carbocycles. The summed E-state index contributed by atoms with van der Waals surface area (Å²) in [7, 11) is 0. The third-order valence-electron chi connectivity index (χ3n) is 5.38. The highest BCUT2D eigenvalue weighted by atomic mass is 35.5. The third kappa shape index (κ3) is 5.87. The lowest BCUT2D eigenvalue weighted by Crippen LogP contribution is -2.23. The molecule has 1 fully saturated rings. The Balaban J connectivity index is 1.60. The van der Waals surface area contributed by atoms with E-state index in [0.717, 1.165) is 31.4 Å². The second kappa shape index (κ2) is 10.1. The zero-order chi connectivity index (χ0) is 19.9. The van der Waals surface area contributed by atoms with Crippen molar-refractivity contribution in [3.05, 3.63) is 65.9 Å². The number of hydrogen-bond donors (Lipinski definition) is 2. The Labute approximate surface area is 172 Å². The molecule has 0 radical (unpaired) electrons. The molecular formula is C23H29ClO4. The first-order valence-corrected chi connectivity index (χ1v) is 10.3. The van der Waals surface area contributed by atoms with E-state index in [1.165, 1.54) is 0 Å². The first-order chi connectivity index (χ1) is 13.5. The van der Waals surface area contributed by atoms with Crippen LogP contribution in [0.1, 0.15) is 32.1 Å². The van der Waals surface area contributed by atoms with Gasteiger partial charge in [-0.3, -0.25) is 0 Å². The van der Waals surface area contributed by atoms with Crippen LogP contribution in [-0.4, -0.2) is 35.1 Å². The van der Waals surface area contributed by atoms with Crippen LogP contribution < -0.4 is 4.74 Å². The summed E-state index contributed by atoms with van der Waals surface area (Å²) in [6.45, 7) is 4.15. The SMILES string of the molecule is C=C1CCC/C=C\C[C@@H]2[C@@H](/C=C/C(O)COc3cccc(Cl)c3)[C@H](O)C[C@@H]2O1. The molecule has 0 aromatic heterocycles. The first kappa shape index (κ1) is 21.0. The summed E-state index contributed by atoms with van der Waals surface area (Å²) in [6.07, 6.45) is 11.0. The number of halogens is 1. The molecule has 1 saturated carbocycles. The number of allylic oxidation sites excluding steroid dienone is 3. The van der Waals surface area contributed by atoms with E-state index in [0.29, 0.717) is 17.2 Å². The summed E-state index contributed by atoms with van der Waals surface area (Å²) in [6, 6.07) is 7.08. The fraction of sp³-hybridized carbons (Fsp3) is 0.478. The van der Waals surface area contributed by atoms with Gasteiger partial charge < -0.3 is 19.7 Å². The van der Waals surface area contributed by atoms with Gasteiger partial charge in [-0.1, -0.05) is 48.6 Å². The van der Waals surface area contributed by atoms with E-state index in [9.17, 15) is 10.2 Å². The van der Waals surface area contributed by atoms with E-state index in [4.69, 9.17) is 21.1 Å². The summed E-state index contributed by atoms with van der Waals surface area (Å²) < 4.78 is 11.6. The number of aliphatic hydroxyl groups is 2. The Hall–Kier alpha value is -1.75. The Morgan fingerprint density at radius 1 is 1.36 bits per heavy atom. The van der Waals surface area contributed by atoms with Gasteiger partial charge >= 0.3 is 0 Å². The maximum atomic E-state index is 10.6. The molecule has 1 unspecified atom stereocenters. The van der Waals surface area contributed by atoms with E-state index >= 15 is 0 Å². The number of aliphatic hydroxyl groups excluding tert-OH is 2. The molecule has 0 bridgehead atoms. The quantitative estimate of drug-likeness (QED) is 0.700. The largest absolute Gasteiger partial charge is 0.495 e. The number of ether oxygens (including phenoxy) is 2. The van der Waals surface area contributed by atoms with Gasteiger partial charge in [0.05, 0.1) is 11.9 Å². The average Bonchev–Trinajstić information content (AvgIpc) is 2.95. The van der Waals surface area contributed by atoms with Gasteiger partial charge in [-0.05, 0) is 37.5 Å². The Morgan fingerprint density at radius 2 is 2.21 bits per heavy atom. The van der Waals surface area contributed by atoms with Crippen molar-refractivity contribution in [2.45, 2.75) is 50.4 Å². The van der Waals surface area contributed by atoms with Crippen molar-refractivity contribution in [3.8, 4) is 5.75 Å². The molecule has 5 heteroatoms. The minimum absolute atomic E-state index is 0.0419. The lowest BCUT2D eigenvalue weighted by atomic mass is 9.89. The normalized spacial score (nSPS) is 30.5. The maximum Gasteiger partial charge on any atom is 0.120 e. The van der Waals surface area contributed by atoms with Crippen LogP contribution in [-0.2, 0) is 4.74 Å². The van der Waals surface area contributed by atoms with E-state index in [-0.39, 0.29) is 24.5 Å². The Bertz CT molecular complexity index is 714. The molecule has 152 valence electrons. The van der Waals surface area contributed by atoms with Crippen molar-refractivity contribution in [1.82, 2.24) is 0 Å². The lowest BCUT2D eigenvalue weighted by molar-refractivity contribution is 0.0698. The first-order valence-electron chi connectivity index (χ1n) is 9.95. The molecule has 0 saturated heterocycles. The van der Waals surface area contributed by atoms with Crippen LogP contribution in [0.4, 0.5) is 0 Å². The van der Waals surface area contributed by atoms with Crippen LogP contribution in [0.15, 0.2) is 60.9 Å². The number of benzene rings is 1. The molecule has 0 spiro atoms. The molecule has 4 nitrogen and oxygen atoms in total. The molecular weight excluding hydrogens is 376 g/mol. The number of rotatable bonds is 5. The summed E-state index contributed by atoms with van der Waals surface area (Å²) >= 11 is 5.94. The standard InChI is InChI=1S/C23H29ClO4/c1-16-7-4-2-3-5-10-21-20(22(26)14-23(21)28-16)12-11-18(25)15-27-19-9-6-8-17(24)13-19/h3,5-6,8-9,11-13,18,20-23,25-26H,1-2,4,7,10,14-15H2/b5-3-,12-11+/t18?,20-,21-,22-,23+/m1/s1. The van der Waals surface area contributed by atoms with Crippen LogP contribution in [0, 0.1) is 11.8 Å². The van der Waals surface area contributed by atoms with Gasteiger partial charge in [0.1, 0.15) is 24.6 Å². The van der Waals surface area contributed by atoms with E-state index in [1.54, 1.807) is 30.3 Å². The molecule has 2 aliphatic rings. The second-order valence-corrected chi connectivity index (χ2v) is 8.00. The summed E-state index contributed by atoms with van der Waals surface area (Å²) in [5.41, 5.74) is 0. The van der Waals surface area contributed by atoms with Crippen LogP contribution in [0.2, 0.25) is 5.02 Å². The van der Waals surface area contributed by atoms with Gasteiger partial charge in [-0.15, -0.1) is 0 Å². The van der Waals surface area contributed by atoms with E-state index < -0.39 is 12.2 Å². The topological polar surface area (TPSA) is 58.9 Å². The number of hydrogen-bond acceptors (Lipinski definition) is 4. The lowest BCUT2D eigenvalue weighted by Gasteiger charge is -2.25. The van der Waals surface area contributed by atoms with Gasteiger partial charge in [0.15, 0.2) is 0 Å². The fourth-order valence-electron chi connectivity index (χ4n) is 3.93. The molecule has 28 heavy (non-hydrogen) atoms. The predicted molar refractivity (Wildman–Crippen MR) is 111 cm³/mol. The van der Waals surface area contributed by atoms with E-state index in [1.807, 2.05) is 6.08 Å². The molecule has 5 atom stereocenters. The van der Waals surface area contributed by atoms with Crippen molar-refractivity contribution in [1.29, 1.82) is 0 Å². The monoisotopic (exact) mass is 404 g/mol. The molecule has 3 rings (SSSR count). The van der Waals surface area contributed by atoms with Gasteiger partial charge in [0.2, 0.25) is 0 Å². The van der Waals surface area contributed by atoms with Gasteiger partial charge in [-0.25, -0.2) is 0 Å². The summed E-state index contributed by atoms with van der Waals surface area (Å²) in [5.74, 6) is 1.52. The maximum absolute atomic E-state index is 10.6. The zero-order valence-electron chi connectivity index (χ0n) is 16.0. The molecule has 1 aromatic rings. The smallest absolute Gasteiger partial charge is 0.120 e. The minimum atomic E-state index is -0.767. The number of fused-ring (bicyclic) bond motifs is 1. The van der Waals surface area contributed by atoms with Crippen LogP contribution in [0.5, 0.6) is 5.75 Å². The van der Waals surface area contributed by atoms with Crippen molar-refractivity contribution >= 4 is 11.6 Å². The Kier molecular flexibility index (Phi) is 7.60. The van der Waals surface area contributed by atoms with Crippen molar-refractivity contribution in [2.24, 2.45) is 11.8 Å². The molecule has 1 aromatic carbocycles.